The van der Waals surface area contributed by atoms with Crippen molar-refractivity contribution in [3.8, 4) is 0 Å². The maximum atomic E-state index is 12.6. The first-order valence-electron chi connectivity index (χ1n) is 8.65. The van der Waals surface area contributed by atoms with Crippen LogP contribution in [0, 0.1) is 0 Å². The molecule has 4 rings (SSSR count). The number of urea groups is 1. The van der Waals surface area contributed by atoms with E-state index < -0.39 is 0 Å². The Morgan fingerprint density at radius 1 is 1.15 bits per heavy atom. The van der Waals surface area contributed by atoms with Crippen molar-refractivity contribution in [3.05, 3.63) is 64.0 Å². The molecular formula is C19H18ClN5O2. The number of carbonyl (C=O) groups excluding carboxylic acids is 1. The number of pyridine rings is 2. The summed E-state index contributed by atoms with van der Waals surface area (Å²) in [4.78, 5) is 36.3. The molecule has 27 heavy (non-hydrogen) atoms. The Morgan fingerprint density at radius 3 is 2.70 bits per heavy atom. The molecular weight excluding hydrogens is 366 g/mol. The Kier molecular flexibility index (Phi) is 4.68. The smallest absolute Gasteiger partial charge is 0.322 e. The normalized spacial score (nSPS) is 14.4. The Balaban J connectivity index is 1.44. The predicted octanol–water partition coefficient (Wildman–Crippen LogP) is 2.93. The third kappa shape index (κ3) is 3.59. The number of hydrogen-bond donors (Lipinski definition) is 2. The zero-order valence-electron chi connectivity index (χ0n) is 14.5. The molecule has 3 heterocycles. The number of anilines is 2. The highest BCUT2D eigenvalue weighted by Gasteiger charge is 2.22. The minimum absolute atomic E-state index is 0.224. The molecule has 0 unspecified atom stereocenters. The summed E-state index contributed by atoms with van der Waals surface area (Å²) in [5.41, 5.74) is 0.623. The lowest BCUT2D eigenvalue weighted by atomic mass is 10.2. The number of carbonyl (C=O) groups is 1. The van der Waals surface area contributed by atoms with Gasteiger partial charge in [-0.25, -0.2) is 9.78 Å². The number of aromatic amines is 1. The molecule has 1 aromatic carbocycles. The molecule has 1 fully saturated rings. The first-order valence-corrected chi connectivity index (χ1v) is 9.02. The molecule has 0 spiro atoms. The quantitative estimate of drug-likeness (QED) is 0.713. The van der Waals surface area contributed by atoms with Gasteiger partial charge in [-0.2, -0.15) is 0 Å². The molecule has 1 aliphatic heterocycles. The molecule has 0 aliphatic carbocycles. The van der Waals surface area contributed by atoms with Crippen LogP contribution in [0.25, 0.3) is 10.9 Å². The van der Waals surface area contributed by atoms with Crippen LogP contribution >= 0.6 is 11.6 Å². The van der Waals surface area contributed by atoms with Crippen LogP contribution in [0.15, 0.2) is 53.6 Å². The van der Waals surface area contributed by atoms with Gasteiger partial charge in [-0.3, -0.25) is 4.79 Å². The van der Waals surface area contributed by atoms with Gasteiger partial charge in [0.2, 0.25) is 5.43 Å². The van der Waals surface area contributed by atoms with Gasteiger partial charge in [-0.05, 0) is 30.3 Å². The topological polar surface area (TPSA) is 81.3 Å². The van der Waals surface area contributed by atoms with Crippen LogP contribution in [0.2, 0.25) is 5.02 Å². The number of nitrogens with one attached hydrogen (secondary N) is 2. The zero-order chi connectivity index (χ0) is 18.8. The first-order chi connectivity index (χ1) is 13.1. The van der Waals surface area contributed by atoms with Crippen LogP contribution < -0.4 is 15.6 Å². The van der Waals surface area contributed by atoms with E-state index in [4.69, 9.17) is 11.6 Å². The van der Waals surface area contributed by atoms with E-state index in [-0.39, 0.29) is 17.1 Å². The number of fused-ring (bicyclic) bond motifs is 1. The first kappa shape index (κ1) is 17.4. The van der Waals surface area contributed by atoms with Crippen LogP contribution in [0.3, 0.4) is 0 Å². The fourth-order valence-corrected chi connectivity index (χ4v) is 3.33. The summed E-state index contributed by atoms with van der Waals surface area (Å²) in [5.74, 6) is 0.905. The van der Waals surface area contributed by atoms with Crippen molar-refractivity contribution in [1.29, 1.82) is 0 Å². The maximum Gasteiger partial charge on any atom is 0.322 e. The van der Waals surface area contributed by atoms with Crippen LogP contribution in [0.1, 0.15) is 0 Å². The zero-order valence-corrected chi connectivity index (χ0v) is 15.2. The molecule has 1 aliphatic rings. The molecule has 0 radical (unpaired) electrons. The van der Waals surface area contributed by atoms with Gasteiger partial charge in [-0.1, -0.05) is 17.7 Å². The van der Waals surface area contributed by atoms with Gasteiger partial charge in [0.25, 0.3) is 0 Å². The summed E-state index contributed by atoms with van der Waals surface area (Å²) in [5, 5.41) is 3.74. The third-order valence-electron chi connectivity index (χ3n) is 4.62. The maximum absolute atomic E-state index is 12.6. The van der Waals surface area contributed by atoms with E-state index in [9.17, 15) is 9.59 Å². The van der Waals surface area contributed by atoms with Crippen molar-refractivity contribution in [2.75, 3.05) is 36.4 Å². The number of halogens is 1. The third-order valence-corrected chi connectivity index (χ3v) is 4.86. The lowest BCUT2D eigenvalue weighted by Gasteiger charge is -2.35. The van der Waals surface area contributed by atoms with Crippen LogP contribution in [0.5, 0.6) is 0 Å². The second-order valence-electron chi connectivity index (χ2n) is 6.31. The fraction of sp³-hybridized carbons (Fsp3) is 0.211. The minimum Gasteiger partial charge on any atom is -0.359 e. The summed E-state index contributed by atoms with van der Waals surface area (Å²) in [6.45, 7) is 2.50. The van der Waals surface area contributed by atoms with Gasteiger partial charge in [0.1, 0.15) is 11.5 Å². The molecule has 1 saturated heterocycles. The monoisotopic (exact) mass is 383 g/mol. The molecule has 3 aromatic rings. The van der Waals surface area contributed by atoms with E-state index in [1.54, 1.807) is 29.3 Å². The second kappa shape index (κ2) is 7.28. The largest absolute Gasteiger partial charge is 0.359 e. The summed E-state index contributed by atoms with van der Waals surface area (Å²) in [6, 6.07) is 10.5. The number of amides is 2. The molecule has 138 valence electrons. The van der Waals surface area contributed by atoms with Crippen LogP contribution in [-0.2, 0) is 0 Å². The van der Waals surface area contributed by atoms with Gasteiger partial charge in [0.05, 0.1) is 5.52 Å². The van der Waals surface area contributed by atoms with E-state index in [1.807, 2.05) is 18.2 Å². The van der Waals surface area contributed by atoms with Crippen LogP contribution in [0.4, 0.5) is 16.3 Å². The minimum atomic E-state index is -0.283. The Labute approximate surface area is 160 Å². The SMILES string of the molecule is O=C(Nc1c[nH]c2cc(Cl)ccc2c1=O)N1CCN(c2ccccn2)CC1. The van der Waals surface area contributed by atoms with E-state index >= 15 is 0 Å². The second-order valence-corrected chi connectivity index (χ2v) is 6.75. The molecule has 0 saturated carbocycles. The summed E-state index contributed by atoms with van der Waals surface area (Å²) in [7, 11) is 0. The average Bonchev–Trinajstić information content (AvgIpc) is 2.71. The van der Waals surface area contributed by atoms with Crippen molar-refractivity contribution >= 4 is 40.0 Å². The van der Waals surface area contributed by atoms with E-state index in [2.05, 4.69) is 20.2 Å². The van der Waals surface area contributed by atoms with Gasteiger partial charge in [0, 0.05) is 49.0 Å². The highest BCUT2D eigenvalue weighted by Crippen LogP contribution is 2.17. The molecule has 0 atom stereocenters. The summed E-state index contributed by atoms with van der Waals surface area (Å²) < 4.78 is 0. The van der Waals surface area contributed by atoms with E-state index in [1.165, 1.54) is 6.20 Å². The number of H-pyrrole nitrogens is 1. The van der Waals surface area contributed by atoms with Gasteiger partial charge < -0.3 is 20.1 Å². The lowest BCUT2D eigenvalue weighted by Crippen LogP contribution is -2.50. The van der Waals surface area contributed by atoms with Crippen molar-refractivity contribution < 1.29 is 4.79 Å². The highest BCUT2D eigenvalue weighted by molar-refractivity contribution is 6.31. The van der Waals surface area contributed by atoms with E-state index in [0.29, 0.717) is 42.1 Å². The molecule has 2 N–H and O–H groups in total. The lowest BCUT2D eigenvalue weighted by molar-refractivity contribution is 0.208. The predicted molar refractivity (Wildman–Crippen MR) is 107 cm³/mol. The molecule has 7 nitrogen and oxygen atoms in total. The van der Waals surface area contributed by atoms with Crippen LogP contribution in [-0.4, -0.2) is 47.1 Å². The number of nitrogens with zero attached hydrogens (tertiary/aromatic N) is 3. The number of piperazine rings is 1. The van der Waals surface area contributed by atoms with Gasteiger partial charge in [0.15, 0.2) is 0 Å². The molecule has 8 heteroatoms. The fourth-order valence-electron chi connectivity index (χ4n) is 3.16. The average molecular weight is 384 g/mol. The van der Waals surface area contributed by atoms with Crippen molar-refractivity contribution in [1.82, 2.24) is 14.9 Å². The highest BCUT2D eigenvalue weighted by atomic mass is 35.5. The standard InChI is InChI=1S/C19H18ClN5O2/c20-13-4-5-14-15(11-13)22-12-16(18(14)26)23-19(27)25-9-7-24(8-10-25)17-3-1-2-6-21-17/h1-6,11-12H,7-10H2,(H,22,26)(H,23,27). The Hall–Kier alpha value is -3.06. The summed E-state index contributed by atoms with van der Waals surface area (Å²) >= 11 is 5.95. The molecule has 2 amide bonds. The number of hydrogen-bond acceptors (Lipinski definition) is 4. The number of benzene rings is 1. The molecule has 2 aromatic heterocycles. The van der Waals surface area contributed by atoms with Crippen molar-refractivity contribution in [2.45, 2.75) is 0 Å². The number of rotatable bonds is 2. The van der Waals surface area contributed by atoms with E-state index in [0.717, 1.165) is 5.82 Å². The Morgan fingerprint density at radius 2 is 1.96 bits per heavy atom. The molecule has 0 bridgehead atoms. The Bertz CT molecular complexity index is 1030. The van der Waals surface area contributed by atoms with Gasteiger partial charge >= 0.3 is 6.03 Å². The number of aromatic nitrogens is 2. The van der Waals surface area contributed by atoms with Crippen molar-refractivity contribution in [3.63, 3.8) is 0 Å². The van der Waals surface area contributed by atoms with Crippen molar-refractivity contribution in [2.24, 2.45) is 0 Å². The van der Waals surface area contributed by atoms with Gasteiger partial charge in [-0.15, -0.1) is 0 Å². The summed E-state index contributed by atoms with van der Waals surface area (Å²) in [6.07, 6.45) is 3.26.